The number of thioether (sulfide) groups is 1. The van der Waals surface area contributed by atoms with E-state index in [0.717, 1.165) is 24.4 Å². The van der Waals surface area contributed by atoms with Gasteiger partial charge in [-0.2, -0.15) is 0 Å². The first-order valence-corrected chi connectivity index (χ1v) is 7.37. The van der Waals surface area contributed by atoms with Crippen LogP contribution in [0.3, 0.4) is 0 Å². The highest BCUT2D eigenvalue weighted by Crippen LogP contribution is 2.23. The first kappa shape index (κ1) is 15.0. The maximum absolute atomic E-state index is 11.9. The molecule has 6 heteroatoms. The summed E-state index contributed by atoms with van der Waals surface area (Å²) >= 11 is 1.52. The van der Waals surface area contributed by atoms with Gasteiger partial charge >= 0.3 is 10.9 Å². The Kier molecular flexibility index (Phi) is 5.19. The quantitative estimate of drug-likeness (QED) is 0.661. The Morgan fingerprint density at radius 2 is 2.17 bits per heavy atom. The van der Waals surface area contributed by atoms with E-state index < -0.39 is 5.41 Å². The number of nitrogens with zero attached hydrogens (tertiary/aromatic N) is 2. The van der Waals surface area contributed by atoms with Gasteiger partial charge in [-0.25, -0.2) is 0 Å². The molecule has 18 heavy (non-hydrogen) atoms. The predicted molar refractivity (Wildman–Crippen MR) is 71.5 cm³/mol. The highest BCUT2D eigenvalue weighted by molar-refractivity contribution is 7.98. The topological polar surface area (TPSA) is 59.0 Å². The molecule has 102 valence electrons. The van der Waals surface area contributed by atoms with Gasteiger partial charge in [0.2, 0.25) is 11.2 Å². The number of carbonyl (C=O) groups is 1. The lowest BCUT2D eigenvalue weighted by Crippen LogP contribution is -2.37. The smallest absolute Gasteiger partial charge is 0.287 e. The van der Waals surface area contributed by atoms with Crippen molar-refractivity contribution in [3.63, 3.8) is 0 Å². The number of hydrogen-bond acceptors (Lipinski definition) is 4. The van der Waals surface area contributed by atoms with E-state index in [2.05, 4.69) is 17.5 Å². The van der Waals surface area contributed by atoms with Crippen molar-refractivity contribution in [3.05, 3.63) is 0 Å². The summed E-state index contributed by atoms with van der Waals surface area (Å²) in [5.41, 5.74) is -0.448. The molecule has 0 atom stereocenters. The van der Waals surface area contributed by atoms with Gasteiger partial charge in [0.05, 0.1) is 0 Å². The van der Waals surface area contributed by atoms with Gasteiger partial charge < -0.3 is 0 Å². The average molecular weight is 272 g/mol. The van der Waals surface area contributed by atoms with Gasteiger partial charge in [-0.3, -0.25) is 14.6 Å². The number of rotatable bonds is 5. The number of unbranched alkanes of at least 4 members (excludes halogenated alkanes) is 1. The largest absolute Gasteiger partial charge is 0.332 e. The van der Waals surface area contributed by atoms with Crippen LogP contribution in [0, 0.1) is 5.41 Å². The fourth-order valence-electron chi connectivity index (χ4n) is 1.30. The molecule has 0 fully saturated rings. The van der Waals surface area contributed by atoms with Crippen LogP contribution in [0.1, 0.15) is 40.5 Å². The molecule has 0 bridgehead atoms. The lowest BCUT2D eigenvalue weighted by atomic mass is 9.96. The molecule has 1 rings (SSSR count). The zero-order valence-electron chi connectivity index (χ0n) is 11.7. The monoisotopic (exact) mass is 272 g/mol. The molecule has 0 spiro atoms. The highest BCUT2D eigenvalue weighted by atomic mass is 32.2. The van der Waals surface area contributed by atoms with E-state index in [1.54, 1.807) is 4.68 Å². The Morgan fingerprint density at radius 3 is 2.67 bits per heavy atom. The Bertz CT molecular complexity index is 410. The highest BCUT2D eigenvalue weighted by Gasteiger charge is 2.29. The first-order chi connectivity index (χ1) is 8.40. The summed E-state index contributed by atoms with van der Waals surface area (Å²) in [6.07, 6.45) is 4.08. The molecule has 5 nitrogen and oxygen atoms in total. The second kappa shape index (κ2) is 6.22. The lowest BCUT2D eigenvalue weighted by molar-refractivity contribution is -0.793. The van der Waals surface area contributed by atoms with Gasteiger partial charge in [0.1, 0.15) is 0 Å². The van der Waals surface area contributed by atoms with Crippen LogP contribution in [-0.4, -0.2) is 17.4 Å². The van der Waals surface area contributed by atoms with E-state index in [4.69, 9.17) is 4.52 Å². The van der Waals surface area contributed by atoms with E-state index in [1.807, 2.05) is 27.0 Å². The molecule has 0 saturated heterocycles. The van der Waals surface area contributed by atoms with Crippen LogP contribution in [0.2, 0.25) is 0 Å². The third-order valence-electron chi connectivity index (χ3n) is 2.48. The van der Waals surface area contributed by atoms with Crippen molar-refractivity contribution in [1.29, 1.82) is 0 Å². The first-order valence-electron chi connectivity index (χ1n) is 6.15. The summed E-state index contributed by atoms with van der Waals surface area (Å²) in [6, 6.07) is 0. The zero-order chi connectivity index (χ0) is 13.8. The Morgan fingerprint density at radius 1 is 1.50 bits per heavy atom. The molecule has 0 aliphatic rings. The van der Waals surface area contributed by atoms with Crippen LogP contribution in [0.15, 0.2) is 9.55 Å². The molecule has 1 aromatic rings. The molecule has 1 N–H and O–H groups in total. The molecule has 0 saturated carbocycles. The standard InChI is InChI=1S/C12H21N3O2S/c1-6-7-8-15-10(18-5)9(17-14-15)13-11(16)12(2,3)4/h6-8H2,1-5H3/p+1. The Hall–Kier alpha value is -1.04. The molecule has 1 aromatic heterocycles. The number of aromatic nitrogens is 2. The van der Waals surface area contributed by atoms with Crippen molar-refractivity contribution < 1.29 is 14.0 Å². The SMILES string of the molecule is CCCC[n+]1noc(NC(=O)C(C)(C)C)c1SC. The van der Waals surface area contributed by atoms with Crippen molar-refractivity contribution in [1.82, 2.24) is 5.27 Å². The maximum Gasteiger partial charge on any atom is 0.332 e. The van der Waals surface area contributed by atoms with Crippen molar-refractivity contribution in [2.45, 2.75) is 52.1 Å². The van der Waals surface area contributed by atoms with Crippen molar-refractivity contribution in [3.8, 4) is 0 Å². The molecular formula is C12H22N3O2S+. The predicted octanol–water partition coefficient (Wildman–Crippen LogP) is 2.47. The van der Waals surface area contributed by atoms with E-state index in [9.17, 15) is 4.79 Å². The van der Waals surface area contributed by atoms with Crippen molar-refractivity contribution >= 4 is 23.6 Å². The van der Waals surface area contributed by atoms with Crippen LogP contribution in [0.4, 0.5) is 5.88 Å². The molecule has 0 radical (unpaired) electrons. The maximum atomic E-state index is 11.9. The van der Waals surface area contributed by atoms with E-state index >= 15 is 0 Å². The van der Waals surface area contributed by atoms with Crippen LogP contribution < -0.4 is 10.00 Å². The van der Waals surface area contributed by atoms with Gasteiger partial charge in [-0.15, -0.1) is 0 Å². The third kappa shape index (κ3) is 3.73. The number of hydrogen-bond donors (Lipinski definition) is 1. The molecule has 0 aliphatic heterocycles. The minimum atomic E-state index is -0.448. The Balaban J connectivity index is 2.84. The number of anilines is 1. The van der Waals surface area contributed by atoms with E-state index in [1.165, 1.54) is 11.8 Å². The normalized spacial score (nSPS) is 11.6. The molecule has 0 unspecified atom stereocenters. The van der Waals surface area contributed by atoms with Gasteiger partial charge in [-0.05, 0) is 10.9 Å². The summed E-state index contributed by atoms with van der Waals surface area (Å²) in [7, 11) is 0. The second-order valence-corrected chi connectivity index (χ2v) is 5.99. The number of carbonyl (C=O) groups excluding carboxylic acids is 1. The van der Waals surface area contributed by atoms with Crippen molar-refractivity contribution in [2.24, 2.45) is 5.41 Å². The average Bonchev–Trinajstić information content (AvgIpc) is 2.67. The molecular weight excluding hydrogens is 250 g/mol. The molecule has 1 amide bonds. The number of amides is 1. The third-order valence-corrected chi connectivity index (χ3v) is 3.27. The zero-order valence-corrected chi connectivity index (χ0v) is 12.6. The fourth-order valence-corrected chi connectivity index (χ4v) is 1.91. The van der Waals surface area contributed by atoms with E-state index in [-0.39, 0.29) is 5.91 Å². The van der Waals surface area contributed by atoms with Crippen LogP contribution in [0.5, 0.6) is 0 Å². The number of nitrogens with one attached hydrogen (secondary N) is 1. The Labute approximate surface area is 112 Å². The minimum Gasteiger partial charge on any atom is -0.287 e. The molecule has 0 aromatic carbocycles. The van der Waals surface area contributed by atoms with Gasteiger partial charge in [0.25, 0.3) is 0 Å². The summed E-state index contributed by atoms with van der Waals surface area (Å²) in [6.45, 7) is 8.52. The molecule has 1 heterocycles. The summed E-state index contributed by atoms with van der Waals surface area (Å²) in [5, 5.41) is 7.62. The summed E-state index contributed by atoms with van der Waals surface area (Å²) < 4.78 is 7.01. The van der Waals surface area contributed by atoms with Gasteiger partial charge in [-0.1, -0.05) is 45.9 Å². The second-order valence-electron chi connectivity index (χ2n) is 5.19. The molecule has 0 aliphatic carbocycles. The van der Waals surface area contributed by atoms with Gasteiger partial charge in [0.15, 0.2) is 6.54 Å². The van der Waals surface area contributed by atoms with E-state index in [0.29, 0.717) is 5.88 Å². The summed E-state index contributed by atoms with van der Waals surface area (Å²) in [4.78, 5) is 11.9. The van der Waals surface area contributed by atoms with Gasteiger partial charge in [0, 0.05) is 11.8 Å². The number of aryl methyl sites for hydroxylation is 1. The lowest BCUT2D eigenvalue weighted by Gasteiger charge is -2.15. The van der Waals surface area contributed by atoms with Crippen LogP contribution in [0.25, 0.3) is 0 Å². The minimum absolute atomic E-state index is 0.0726. The fraction of sp³-hybridized carbons (Fsp3) is 0.750. The summed E-state index contributed by atoms with van der Waals surface area (Å²) in [5.74, 6) is 0.370. The van der Waals surface area contributed by atoms with Crippen LogP contribution >= 0.6 is 11.8 Å². The van der Waals surface area contributed by atoms with Crippen molar-refractivity contribution in [2.75, 3.05) is 11.6 Å². The van der Waals surface area contributed by atoms with Crippen LogP contribution in [-0.2, 0) is 11.3 Å².